The lowest BCUT2D eigenvalue weighted by Gasteiger charge is -2.38. The fraction of sp³-hybridized carbons (Fsp3) is 1.00. The summed E-state index contributed by atoms with van der Waals surface area (Å²) in [4.78, 5) is 7.34. The van der Waals surface area contributed by atoms with Gasteiger partial charge in [0.2, 0.25) is 0 Å². The zero-order valence-electron chi connectivity index (χ0n) is 8.34. The summed E-state index contributed by atoms with van der Waals surface area (Å²) in [6.45, 7) is 6.44. The molecule has 1 atom stereocenters. The highest BCUT2D eigenvalue weighted by Gasteiger charge is 2.32. The molecule has 0 amide bonds. The van der Waals surface area contributed by atoms with Gasteiger partial charge in [-0.2, -0.15) is 0 Å². The molecule has 3 heteroatoms. The Balaban J connectivity index is 2.50. The summed E-state index contributed by atoms with van der Waals surface area (Å²) in [5.74, 6) is 5.83. The third kappa shape index (κ3) is 2.19. The van der Waals surface area contributed by atoms with E-state index >= 15 is 0 Å². The fourth-order valence-corrected chi connectivity index (χ4v) is 1.83. The number of hydrogen-bond donors (Lipinski definition) is 1. The second-order valence-electron chi connectivity index (χ2n) is 4.32. The van der Waals surface area contributed by atoms with Crippen molar-refractivity contribution >= 4 is 0 Å². The van der Waals surface area contributed by atoms with Crippen LogP contribution in [0.2, 0.25) is 0 Å². The standard InChI is InChI=1S/C9H20N2O/c1-9(2,12-10)8-5-4-6-11(3)7-8/h8H,4-7,10H2,1-3H3. The zero-order valence-corrected chi connectivity index (χ0v) is 8.34. The molecule has 0 aromatic rings. The van der Waals surface area contributed by atoms with Gasteiger partial charge in [0.15, 0.2) is 0 Å². The first-order valence-corrected chi connectivity index (χ1v) is 4.62. The van der Waals surface area contributed by atoms with Gasteiger partial charge in [-0.1, -0.05) is 0 Å². The Morgan fingerprint density at radius 1 is 1.50 bits per heavy atom. The summed E-state index contributed by atoms with van der Waals surface area (Å²) in [5.41, 5.74) is -0.172. The van der Waals surface area contributed by atoms with E-state index in [0.29, 0.717) is 5.92 Å². The maximum absolute atomic E-state index is 5.26. The quantitative estimate of drug-likeness (QED) is 0.631. The van der Waals surface area contributed by atoms with E-state index in [0.717, 1.165) is 6.54 Å². The van der Waals surface area contributed by atoms with Gasteiger partial charge in [-0.15, -0.1) is 0 Å². The molecule has 0 aromatic heterocycles. The lowest BCUT2D eigenvalue weighted by atomic mass is 9.84. The Kier molecular flexibility index (Phi) is 3.09. The minimum Gasteiger partial charge on any atom is -0.306 e. The van der Waals surface area contributed by atoms with Gasteiger partial charge in [-0.3, -0.25) is 4.84 Å². The first-order chi connectivity index (χ1) is 5.56. The summed E-state index contributed by atoms with van der Waals surface area (Å²) in [6, 6.07) is 0. The SMILES string of the molecule is CN1CCCC(C(C)(C)ON)C1. The highest BCUT2D eigenvalue weighted by Crippen LogP contribution is 2.27. The Labute approximate surface area is 74.8 Å². The van der Waals surface area contributed by atoms with Crippen LogP contribution in [0.5, 0.6) is 0 Å². The smallest absolute Gasteiger partial charge is 0.0878 e. The van der Waals surface area contributed by atoms with E-state index < -0.39 is 0 Å². The molecule has 0 aliphatic carbocycles. The van der Waals surface area contributed by atoms with Crippen molar-refractivity contribution in [2.24, 2.45) is 11.8 Å². The molecular formula is C9H20N2O. The Morgan fingerprint density at radius 2 is 2.17 bits per heavy atom. The van der Waals surface area contributed by atoms with Crippen molar-refractivity contribution in [3.63, 3.8) is 0 Å². The summed E-state index contributed by atoms with van der Waals surface area (Å²) in [7, 11) is 2.15. The van der Waals surface area contributed by atoms with Crippen LogP contribution in [0, 0.1) is 5.92 Å². The lowest BCUT2D eigenvalue weighted by Crippen LogP contribution is -2.45. The van der Waals surface area contributed by atoms with Crippen molar-refractivity contribution in [3.05, 3.63) is 0 Å². The number of likely N-dealkylation sites (tertiary alicyclic amines) is 1. The Hall–Kier alpha value is -0.120. The molecule has 1 aliphatic heterocycles. The van der Waals surface area contributed by atoms with Crippen molar-refractivity contribution < 1.29 is 4.84 Å². The molecule has 12 heavy (non-hydrogen) atoms. The van der Waals surface area contributed by atoms with Gasteiger partial charge in [0.25, 0.3) is 0 Å². The zero-order chi connectivity index (χ0) is 9.19. The lowest BCUT2D eigenvalue weighted by molar-refractivity contribution is -0.0794. The van der Waals surface area contributed by atoms with Crippen LogP contribution in [0.3, 0.4) is 0 Å². The number of hydrogen-bond acceptors (Lipinski definition) is 3. The van der Waals surface area contributed by atoms with Crippen LogP contribution in [-0.4, -0.2) is 30.6 Å². The van der Waals surface area contributed by atoms with Crippen LogP contribution in [0.25, 0.3) is 0 Å². The number of nitrogens with zero attached hydrogens (tertiary/aromatic N) is 1. The van der Waals surface area contributed by atoms with Crippen molar-refractivity contribution in [1.29, 1.82) is 0 Å². The molecule has 1 heterocycles. The van der Waals surface area contributed by atoms with Gasteiger partial charge in [0.1, 0.15) is 0 Å². The molecule has 1 saturated heterocycles. The van der Waals surface area contributed by atoms with E-state index in [1.165, 1.54) is 19.4 Å². The van der Waals surface area contributed by atoms with Crippen LogP contribution in [0.4, 0.5) is 0 Å². The third-order valence-corrected chi connectivity index (χ3v) is 2.91. The number of rotatable bonds is 2. The van der Waals surface area contributed by atoms with Gasteiger partial charge >= 0.3 is 0 Å². The Bertz CT molecular complexity index is 147. The normalized spacial score (nSPS) is 27.5. The van der Waals surface area contributed by atoms with E-state index in [1.807, 2.05) is 0 Å². The molecule has 1 fully saturated rings. The maximum Gasteiger partial charge on any atom is 0.0878 e. The molecule has 2 N–H and O–H groups in total. The van der Waals surface area contributed by atoms with Gasteiger partial charge < -0.3 is 4.90 Å². The largest absolute Gasteiger partial charge is 0.306 e. The molecule has 0 spiro atoms. The summed E-state index contributed by atoms with van der Waals surface area (Å²) in [6.07, 6.45) is 2.49. The number of piperidine rings is 1. The van der Waals surface area contributed by atoms with Crippen LogP contribution in [0.15, 0.2) is 0 Å². The van der Waals surface area contributed by atoms with E-state index in [4.69, 9.17) is 10.7 Å². The van der Waals surface area contributed by atoms with Crippen molar-refractivity contribution in [3.8, 4) is 0 Å². The second kappa shape index (κ2) is 3.73. The molecule has 72 valence electrons. The van der Waals surface area contributed by atoms with Crippen LogP contribution in [-0.2, 0) is 4.84 Å². The average molecular weight is 172 g/mol. The maximum atomic E-state index is 5.26. The highest BCUT2D eigenvalue weighted by atomic mass is 16.6. The van der Waals surface area contributed by atoms with Gasteiger partial charge in [-0.25, -0.2) is 5.90 Å². The van der Waals surface area contributed by atoms with E-state index in [-0.39, 0.29) is 5.60 Å². The van der Waals surface area contributed by atoms with Gasteiger partial charge in [0.05, 0.1) is 5.60 Å². The number of nitrogens with two attached hydrogens (primary N) is 1. The predicted octanol–water partition coefficient (Wildman–Crippen LogP) is 0.997. The third-order valence-electron chi connectivity index (χ3n) is 2.91. The molecular weight excluding hydrogens is 152 g/mol. The van der Waals surface area contributed by atoms with Gasteiger partial charge in [0, 0.05) is 12.5 Å². The van der Waals surface area contributed by atoms with E-state index in [1.54, 1.807) is 0 Å². The monoisotopic (exact) mass is 172 g/mol. The topological polar surface area (TPSA) is 38.5 Å². The molecule has 0 radical (unpaired) electrons. The minimum atomic E-state index is -0.172. The highest BCUT2D eigenvalue weighted by molar-refractivity contribution is 4.83. The molecule has 0 saturated carbocycles. The van der Waals surface area contributed by atoms with Crippen LogP contribution < -0.4 is 5.90 Å². The Morgan fingerprint density at radius 3 is 2.67 bits per heavy atom. The molecule has 1 aliphatic rings. The first kappa shape index (κ1) is 9.96. The van der Waals surface area contributed by atoms with Crippen molar-refractivity contribution in [2.75, 3.05) is 20.1 Å². The molecule has 0 aromatic carbocycles. The minimum absolute atomic E-state index is 0.172. The van der Waals surface area contributed by atoms with Crippen LogP contribution in [0.1, 0.15) is 26.7 Å². The summed E-state index contributed by atoms with van der Waals surface area (Å²) in [5, 5.41) is 0. The van der Waals surface area contributed by atoms with Crippen molar-refractivity contribution in [1.82, 2.24) is 4.90 Å². The summed E-state index contributed by atoms with van der Waals surface area (Å²) >= 11 is 0. The molecule has 1 unspecified atom stereocenters. The first-order valence-electron chi connectivity index (χ1n) is 4.62. The molecule has 3 nitrogen and oxygen atoms in total. The van der Waals surface area contributed by atoms with Gasteiger partial charge in [-0.05, 0) is 40.3 Å². The molecule has 1 rings (SSSR count). The van der Waals surface area contributed by atoms with E-state index in [2.05, 4.69) is 25.8 Å². The second-order valence-corrected chi connectivity index (χ2v) is 4.32. The van der Waals surface area contributed by atoms with Crippen molar-refractivity contribution in [2.45, 2.75) is 32.3 Å². The fourth-order valence-electron chi connectivity index (χ4n) is 1.83. The predicted molar refractivity (Wildman–Crippen MR) is 49.6 cm³/mol. The molecule has 0 bridgehead atoms. The average Bonchev–Trinajstić information content (AvgIpc) is 2.05. The summed E-state index contributed by atoms with van der Waals surface area (Å²) < 4.78 is 0. The van der Waals surface area contributed by atoms with Crippen LogP contribution >= 0.6 is 0 Å². The van der Waals surface area contributed by atoms with E-state index in [9.17, 15) is 0 Å².